The Kier molecular flexibility index (Phi) is 4.70. The predicted molar refractivity (Wildman–Crippen MR) is 80.0 cm³/mol. The van der Waals surface area contributed by atoms with E-state index >= 15 is 0 Å². The van der Waals surface area contributed by atoms with E-state index in [0.29, 0.717) is 5.69 Å². The van der Waals surface area contributed by atoms with E-state index in [4.69, 9.17) is 16.9 Å². The number of nitrogens with one attached hydrogen (secondary N) is 1. The van der Waals surface area contributed by atoms with Crippen LogP contribution in [0.2, 0.25) is 5.02 Å². The van der Waals surface area contributed by atoms with Crippen LogP contribution in [-0.2, 0) is 4.79 Å². The zero-order valence-electron chi connectivity index (χ0n) is 10.9. The number of para-hydroxylation sites is 1. The number of anilines is 1. The first-order valence-corrected chi connectivity index (χ1v) is 6.55. The number of carbonyl (C=O) groups is 2. The van der Waals surface area contributed by atoms with Gasteiger partial charge in [-0.05, 0) is 24.3 Å². The van der Waals surface area contributed by atoms with Gasteiger partial charge in [0.05, 0.1) is 11.1 Å². The first-order valence-electron chi connectivity index (χ1n) is 6.17. The molecule has 5 heteroatoms. The SMILES string of the molecule is N#C[C@@H](C(=O)Nc1ccccc1)C(=O)c1ccccc1Cl. The molecule has 1 atom stereocenters. The number of hydrogen-bond donors (Lipinski definition) is 1. The van der Waals surface area contributed by atoms with Gasteiger partial charge >= 0.3 is 0 Å². The minimum absolute atomic E-state index is 0.161. The van der Waals surface area contributed by atoms with Crippen molar-refractivity contribution in [1.29, 1.82) is 5.26 Å². The molecule has 0 saturated carbocycles. The Morgan fingerprint density at radius 2 is 1.67 bits per heavy atom. The molecule has 2 rings (SSSR count). The number of nitriles is 1. The minimum atomic E-state index is -1.44. The van der Waals surface area contributed by atoms with Gasteiger partial charge in [0.1, 0.15) is 0 Å². The van der Waals surface area contributed by atoms with Crippen LogP contribution in [0.15, 0.2) is 54.6 Å². The fraction of sp³-hybridized carbons (Fsp3) is 0.0625. The highest BCUT2D eigenvalue weighted by molar-refractivity contribution is 6.35. The molecule has 0 aliphatic heterocycles. The minimum Gasteiger partial charge on any atom is -0.325 e. The fourth-order valence-corrected chi connectivity index (χ4v) is 2.02. The molecular formula is C16H11ClN2O2. The van der Waals surface area contributed by atoms with Crippen LogP contribution in [-0.4, -0.2) is 11.7 Å². The van der Waals surface area contributed by atoms with E-state index in [0.717, 1.165) is 0 Å². The van der Waals surface area contributed by atoms with E-state index < -0.39 is 17.6 Å². The number of halogens is 1. The summed E-state index contributed by atoms with van der Waals surface area (Å²) in [4.78, 5) is 24.3. The lowest BCUT2D eigenvalue weighted by molar-refractivity contribution is -0.117. The van der Waals surface area contributed by atoms with Crippen molar-refractivity contribution >= 4 is 29.0 Å². The van der Waals surface area contributed by atoms with Crippen molar-refractivity contribution in [3.63, 3.8) is 0 Å². The maximum absolute atomic E-state index is 12.3. The lowest BCUT2D eigenvalue weighted by Gasteiger charge is -2.10. The van der Waals surface area contributed by atoms with E-state index in [-0.39, 0.29) is 10.6 Å². The van der Waals surface area contributed by atoms with Crippen molar-refractivity contribution in [1.82, 2.24) is 0 Å². The first-order chi connectivity index (χ1) is 10.1. The van der Waals surface area contributed by atoms with Gasteiger partial charge in [0.15, 0.2) is 11.7 Å². The summed E-state index contributed by atoms with van der Waals surface area (Å²) in [5, 5.41) is 11.9. The third-order valence-corrected chi connectivity index (χ3v) is 3.16. The normalized spacial score (nSPS) is 11.2. The molecule has 2 aromatic carbocycles. The summed E-state index contributed by atoms with van der Waals surface area (Å²) in [6.07, 6.45) is 0. The topological polar surface area (TPSA) is 70.0 Å². The van der Waals surface area contributed by atoms with Crippen LogP contribution >= 0.6 is 11.6 Å². The number of carbonyl (C=O) groups excluding carboxylic acids is 2. The van der Waals surface area contributed by atoms with Crippen molar-refractivity contribution in [2.75, 3.05) is 5.32 Å². The third kappa shape index (κ3) is 3.47. The molecule has 4 nitrogen and oxygen atoms in total. The maximum atomic E-state index is 12.3. The number of benzene rings is 2. The summed E-state index contributed by atoms with van der Waals surface area (Å²) in [6.45, 7) is 0. The van der Waals surface area contributed by atoms with E-state index in [2.05, 4.69) is 5.32 Å². The monoisotopic (exact) mass is 298 g/mol. The highest BCUT2D eigenvalue weighted by Gasteiger charge is 2.28. The molecule has 0 fully saturated rings. The Labute approximate surface area is 127 Å². The van der Waals surface area contributed by atoms with Gasteiger partial charge < -0.3 is 5.32 Å². The maximum Gasteiger partial charge on any atom is 0.249 e. The molecular weight excluding hydrogens is 288 g/mol. The molecule has 0 unspecified atom stereocenters. The van der Waals surface area contributed by atoms with Gasteiger partial charge in [-0.15, -0.1) is 0 Å². The summed E-state index contributed by atoms with van der Waals surface area (Å²) < 4.78 is 0. The molecule has 1 amide bonds. The number of amides is 1. The van der Waals surface area contributed by atoms with E-state index in [1.807, 2.05) is 0 Å². The number of Topliss-reactive ketones (excluding diaryl/α,β-unsaturated/α-hetero) is 1. The van der Waals surface area contributed by atoms with Crippen molar-refractivity contribution in [2.24, 2.45) is 5.92 Å². The first kappa shape index (κ1) is 14.8. The Bertz CT molecular complexity index is 708. The van der Waals surface area contributed by atoms with Gasteiger partial charge in [-0.25, -0.2) is 0 Å². The van der Waals surface area contributed by atoms with Gasteiger partial charge in [-0.1, -0.05) is 41.9 Å². The van der Waals surface area contributed by atoms with Crippen molar-refractivity contribution in [3.05, 3.63) is 65.2 Å². The predicted octanol–water partition coefficient (Wildman–Crippen LogP) is 3.30. The second-order valence-corrected chi connectivity index (χ2v) is 4.67. The molecule has 0 spiro atoms. The number of nitrogens with zero attached hydrogens (tertiary/aromatic N) is 1. The largest absolute Gasteiger partial charge is 0.325 e. The summed E-state index contributed by atoms with van der Waals surface area (Å²) in [5.41, 5.74) is 0.684. The quantitative estimate of drug-likeness (QED) is 0.695. The van der Waals surface area contributed by atoms with Crippen LogP contribution in [0.4, 0.5) is 5.69 Å². The Hall–Kier alpha value is -2.64. The van der Waals surface area contributed by atoms with Crippen LogP contribution in [0.1, 0.15) is 10.4 Å². The smallest absolute Gasteiger partial charge is 0.249 e. The molecule has 21 heavy (non-hydrogen) atoms. The van der Waals surface area contributed by atoms with Crippen molar-refractivity contribution in [2.45, 2.75) is 0 Å². The second-order valence-electron chi connectivity index (χ2n) is 4.26. The van der Waals surface area contributed by atoms with Gasteiger partial charge in [-0.2, -0.15) is 5.26 Å². The zero-order valence-corrected chi connectivity index (χ0v) is 11.7. The number of ketones is 1. The molecule has 0 heterocycles. The lowest BCUT2D eigenvalue weighted by atomic mass is 9.98. The van der Waals surface area contributed by atoms with Crippen LogP contribution in [0, 0.1) is 17.2 Å². The molecule has 0 saturated heterocycles. The van der Waals surface area contributed by atoms with Gasteiger partial charge in [0, 0.05) is 11.3 Å². The highest BCUT2D eigenvalue weighted by atomic mass is 35.5. The average molecular weight is 299 g/mol. The van der Waals surface area contributed by atoms with Crippen LogP contribution in [0.3, 0.4) is 0 Å². The Morgan fingerprint density at radius 1 is 1.05 bits per heavy atom. The Morgan fingerprint density at radius 3 is 2.29 bits per heavy atom. The van der Waals surface area contributed by atoms with E-state index in [1.165, 1.54) is 6.07 Å². The van der Waals surface area contributed by atoms with Gasteiger partial charge in [0.2, 0.25) is 5.91 Å². The molecule has 0 aliphatic carbocycles. The highest BCUT2D eigenvalue weighted by Crippen LogP contribution is 2.20. The third-order valence-electron chi connectivity index (χ3n) is 2.83. The number of hydrogen-bond acceptors (Lipinski definition) is 3. The van der Waals surface area contributed by atoms with Gasteiger partial charge in [-0.3, -0.25) is 9.59 Å². The Balaban J connectivity index is 2.20. The van der Waals surface area contributed by atoms with E-state index in [1.54, 1.807) is 54.6 Å². The molecule has 0 aromatic heterocycles. The van der Waals surface area contributed by atoms with Crippen LogP contribution < -0.4 is 5.32 Å². The summed E-state index contributed by atoms with van der Waals surface area (Å²) >= 11 is 5.92. The number of rotatable bonds is 4. The molecule has 1 N–H and O–H groups in total. The summed E-state index contributed by atoms with van der Waals surface area (Å²) in [7, 11) is 0. The molecule has 0 radical (unpaired) electrons. The molecule has 0 aliphatic rings. The van der Waals surface area contributed by atoms with Crippen molar-refractivity contribution in [3.8, 4) is 6.07 Å². The molecule has 0 bridgehead atoms. The standard InChI is InChI=1S/C16H11ClN2O2/c17-14-9-5-4-8-12(14)15(20)13(10-18)16(21)19-11-6-2-1-3-7-11/h1-9,13H,(H,19,21)/t13-/m1/s1. The van der Waals surface area contributed by atoms with Crippen molar-refractivity contribution < 1.29 is 9.59 Å². The average Bonchev–Trinajstić information content (AvgIpc) is 2.49. The zero-order chi connectivity index (χ0) is 15.2. The second kappa shape index (κ2) is 6.69. The van der Waals surface area contributed by atoms with Crippen LogP contribution in [0.25, 0.3) is 0 Å². The lowest BCUT2D eigenvalue weighted by Crippen LogP contribution is -2.28. The van der Waals surface area contributed by atoms with Crippen LogP contribution in [0.5, 0.6) is 0 Å². The molecule has 2 aromatic rings. The van der Waals surface area contributed by atoms with Gasteiger partial charge in [0.25, 0.3) is 0 Å². The van der Waals surface area contributed by atoms with E-state index in [9.17, 15) is 9.59 Å². The fourth-order valence-electron chi connectivity index (χ4n) is 1.79. The summed E-state index contributed by atoms with van der Waals surface area (Å²) in [6, 6.07) is 16.7. The summed E-state index contributed by atoms with van der Waals surface area (Å²) in [5.74, 6) is -2.73. The molecule has 104 valence electrons.